The minimum atomic E-state index is 0.208. The molecule has 2 aliphatic rings. The third-order valence-corrected chi connectivity index (χ3v) is 7.10. The van der Waals surface area contributed by atoms with Crippen LogP contribution in [0.5, 0.6) is 0 Å². The number of benzene rings is 1. The first-order valence-corrected chi connectivity index (χ1v) is 12.2. The molecule has 1 atom stereocenters. The Morgan fingerprint density at radius 2 is 1.97 bits per heavy atom. The van der Waals surface area contributed by atoms with Crippen molar-refractivity contribution in [2.45, 2.75) is 63.3 Å². The second-order valence-corrected chi connectivity index (χ2v) is 9.50. The summed E-state index contributed by atoms with van der Waals surface area (Å²) in [6.07, 6.45) is 6.29. The second kappa shape index (κ2) is 10.4. The van der Waals surface area contributed by atoms with Gasteiger partial charge in [-0.2, -0.15) is 0 Å². The van der Waals surface area contributed by atoms with Gasteiger partial charge < -0.3 is 9.64 Å². The summed E-state index contributed by atoms with van der Waals surface area (Å²) in [5, 5.41) is 10.0. The minimum Gasteiger partial charge on any atom is -0.376 e. The van der Waals surface area contributed by atoms with E-state index in [-0.39, 0.29) is 11.9 Å². The first-order chi connectivity index (χ1) is 14.7. The van der Waals surface area contributed by atoms with Gasteiger partial charge in [-0.3, -0.25) is 9.36 Å². The van der Waals surface area contributed by atoms with Crippen LogP contribution in [0.1, 0.15) is 55.8 Å². The number of Topliss-reactive ketones (excluding diaryl/α,β-unsaturated/α-hetero) is 1. The van der Waals surface area contributed by atoms with E-state index in [1.807, 2.05) is 30.3 Å². The van der Waals surface area contributed by atoms with E-state index in [9.17, 15) is 4.79 Å². The van der Waals surface area contributed by atoms with Crippen molar-refractivity contribution in [1.82, 2.24) is 14.8 Å². The molecular formula is C23H32N4O2S. The van der Waals surface area contributed by atoms with Gasteiger partial charge >= 0.3 is 0 Å². The molecule has 0 radical (unpaired) electrons. The highest BCUT2D eigenvalue weighted by molar-refractivity contribution is 7.99. The number of ether oxygens (including phenoxy) is 1. The van der Waals surface area contributed by atoms with Crippen molar-refractivity contribution >= 4 is 23.5 Å². The quantitative estimate of drug-likeness (QED) is 0.334. The summed E-state index contributed by atoms with van der Waals surface area (Å²) in [7, 11) is 0. The number of thioether (sulfide) groups is 1. The van der Waals surface area contributed by atoms with Crippen molar-refractivity contribution in [2.24, 2.45) is 5.92 Å². The average Bonchev–Trinajstić information content (AvgIpc) is 3.43. The molecule has 2 aromatic rings. The first-order valence-electron chi connectivity index (χ1n) is 11.2. The van der Waals surface area contributed by atoms with Crippen LogP contribution in [-0.2, 0) is 11.3 Å². The van der Waals surface area contributed by atoms with Crippen molar-refractivity contribution in [1.29, 1.82) is 0 Å². The standard InChI is InChI=1S/C23H32N4O2S/c1-18-11-13-26(14-12-18)22-24-25-23(27(22)17-20-9-5-15-29-20)30-16-6-10-21(28)19-7-3-2-4-8-19/h2-4,7-8,18,20H,5-6,9-17H2,1H3. The van der Waals surface area contributed by atoms with Gasteiger partial charge in [0.15, 0.2) is 10.9 Å². The van der Waals surface area contributed by atoms with Crippen LogP contribution in [-0.4, -0.2) is 52.1 Å². The van der Waals surface area contributed by atoms with Gasteiger partial charge in [0.1, 0.15) is 0 Å². The molecule has 2 aliphatic heterocycles. The van der Waals surface area contributed by atoms with Gasteiger partial charge in [0, 0.05) is 37.4 Å². The Kier molecular flexibility index (Phi) is 7.44. The number of anilines is 1. The largest absolute Gasteiger partial charge is 0.376 e. The van der Waals surface area contributed by atoms with E-state index >= 15 is 0 Å². The van der Waals surface area contributed by atoms with Gasteiger partial charge in [-0.05, 0) is 38.0 Å². The SMILES string of the molecule is CC1CCN(c2nnc(SCCCC(=O)c3ccccc3)n2CC2CCCO2)CC1. The molecule has 1 unspecified atom stereocenters. The number of hydrogen-bond donors (Lipinski definition) is 0. The van der Waals surface area contributed by atoms with Crippen LogP contribution in [0, 0.1) is 5.92 Å². The number of rotatable bonds is 9. The molecule has 0 aliphatic carbocycles. The summed E-state index contributed by atoms with van der Waals surface area (Å²) < 4.78 is 8.16. The predicted octanol–water partition coefficient (Wildman–Crippen LogP) is 4.45. The molecule has 6 nitrogen and oxygen atoms in total. The molecule has 0 saturated carbocycles. The molecule has 0 spiro atoms. The zero-order valence-electron chi connectivity index (χ0n) is 17.8. The lowest BCUT2D eigenvalue weighted by molar-refractivity contribution is 0.0951. The van der Waals surface area contributed by atoms with Crippen molar-refractivity contribution < 1.29 is 9.53 Å². The summed E-state index contributed by atoms with van der Waals surface area (Å²) in [6.45, 7) is 6.09. The van der Waals surface area contributed by atoms with E-state index in [0.717, 1.165) is 73.8 Å². The van der Waals surface area contributed by atoms with Crippen molar-refractivity contribution in [2.75, 3.05) is 30.3 Å². The Morgan fingerprint density at radius 3 is 2.70 bits per heavy atom. The average molecular weight is 429 g/mol. The van der Waals surface area contributed by atoms with E-state index in [2.05, 4.69) is 26.6 Å². The van der Waals surface area contributed by atoms with Gasteiger partial charge in [-0.25, -0.2) is 0 Å². The maximum atomic E-state index is 12.3. The van der Waals surface area contributed by atoms with Crippen LogP contribution in [0.4, 0.5) is 5.95 Å². The molecule has 162 valence electrons. The maximum Gasteiger partial charge on any atom is 0.228 e. The fourth-order valence-electron chi connectivity index (χ4n) is 4.15. The van der Waals surface area contributed by atoms with Gasteiger partial charge in [0.2, 0.25) is 5.95 Å². The van der Waals surface area contributed by atoms with E-state index in [4.69, 9.17) is 4.74 Å². The maximum absolute atomic E-state index is 12.3. The highest BCUT2D eigenvalue weighted by Gasteiger charge is 2.25. The van der Waals surface area contributed by atoms with Crippen LogP contribution in [0.25, 0.3) is 0 Å². The van der Waals surface area contributed by atoms with Crippen LogP contribution < -0.4 is 4.90 Å². The van der Waals surface area contributed by atoms with Crippen molar-refractivity contribution in [3.05, 3.63) is 35.9 Å². The van der Waals surface area contributed by atoms with E-state index in [0.29, 0.717) is 6.42 Å². The van der Waals surface area contributed by atoms with Crippen LogP contribution in [0.15, 0.2) is 35.5 Å². The molecule has 0 N–H and O–H groups in total. The Hall–Kier alpha value is -1.86. The Balaban J connectivity index is 1.37. The Bertz CT molecular complexity index is 812. The van der Waals surface area contributed by atoms with E-state index < -0.39 is 0 Å². The van der Waals surface area contributed by atoms with Crippen molar-refractivity contribution in [3.63, 3.8) is 0 Å². The number of hydrogen-bond acceptors (Lipinski definition) is 6. The highest BCUT2D eigenvalue weighted by atomic mass is 32.2. The van der Waals surface area contributed by atoms with E-state index in [1.165, 1.54) is 12.8 Å². The fraction of sp³-hybridized carbons (Fsp3) is 0.609. The number of ketones is 1. The predicted molar refractivity (Wildman–Crippen MR) is 120 cm³/mol. The molecule has 0 amide bonds. The number of aromatic nitrogens is 3. The smallest absolute Gasteiger partial charge is 0.228 e. The number of piperidine rings is 1. The van der Waals surface area contributed by atoms with Gasteiger partial charge in [-0.1, -0.05) is 49.0 Å². The molecule has 2 fully saturated rings. The minimum absolute atomic E-state index is 0.208. The molecule has 0 bridgehead atoms. The van der Waals surface area contributed by atoms with Crippen LogP contribution >= 0.6 is 11.8 Å². The number of carbonyl (C=O) groups excluding carboxylic acids is 1. The zero-order valence-corrected chi connectivity index (χ0v) is 18.6. The molecule has 4 rings (SSSR count). The first kappa shape index (κ1) is 21.4. The van der Waals surface area contributed by atoms with Crippen LogP contribution in [0.3, 0.4) is 0 Å². The van der Waals surface area contributed by atoms with Gasteiger partial charge in [0.05, 0.1) is 12.6 Å². The molecule has 7 heteroatoms. The third kappa shape index (κ3) is 5.43. The summed E-state index contributed by atoms with van der Waals surface area (Å²) in [4.78, 5) is 14.7. The summed E-state index contributed by atoms with van der Waals surface area (Å²) >= 11 is 1.71. The number of nitrogens with zero attached hydrogens (tertiary/aromatic N) is 4. The fourth-order valence-corrected chi connectivity index (χ4v) is 5.03. The van der Waals surface area contributed by atoms with Crippen molar-refractivity contribution in [3.8, 4) is 0 Å². The van der Waals surface area contributed by atoms with Gasteiger partial charge in [0.25, 0.3) is 0 Å². The second-order valence-electron chi connectivity index (χ2n) is 8.44. The highest BCUT2D eigenvalue weighted by Crippen LogP contribution is 2.28. The normalized spacial score (nSPS) is 20.0. The van der Waals surface area contributed by atoms with Crippen LogP contribution in [0.2, 0.25) is 0 Å². The lowest BCUT2D eigenvalue weighted by Crippen LogP contribution is -2.35. The summed E-state index contributed by atoms with van der Waals surface area (Å²) in [5.74, 6) is 2.84. The third-order valence-electron chi connectivity index (χ3n) is 6.05. The Morgan fingerprint density at radius 1 is 1.17 bits per heavy atom. The molecule has 1 aromatic carbocycles. The summed E-state index contributed by atoms with van der Waals surface area (Å²) in [6, 6.07) is 9.55. The molecule has 2 saturated heterocycles. The zero-order chi connectivity index (χ0) is 20.8. The lowest BCUT2D eigenvalue weighted by Gasteiger charge is -2.31. The number of carbonyl (C=O) groups is 1. The lowest BCUT2D eigenvalue weighted by atomic mass is 10.00. The monoisotopic (exact) mass is 428 g/mol. The molecule has 3 heterocycles. The summed E-state index contributed by atoms with van der Waals surface area (Å²) in [5.41, 5.74) is 0.797. The molecule has 1 aromatic heterocycles. The topological polar surface area (TPSA) is 60.2 Å². The Labute approximate surface area is 183 Å². The molecule has 30 heavy (non-hydrogen) atoms. The molecular weight excluding hydrogens is 396 g/mol. The van der Waals surface area contributed by atoms with E-state index in [1.54, 1.807) is 11.8 Å². The van der Waals surface area contributed by atoms with Gasteiger partial charge in [-0.15, -0.1) is 10.2 Å².